The van der Waals surface area contributed by atoms with Crippen molar-refractivity contribution in [1.82, 2.24) is 15.3 Å². The number of carbonyl (C=O) groups excluding carboxylic acids is 1. The van der Waals surface area contributed by atoms with E-state index in [1.165, 1.54) is 0 Å². The summed E-state index contributed by atoms with van der Waals surface area (Å²) < 4.78 is 1.64. The highest BCUT2D eigenvalue weighted by atomic mass is 16.6. The van der Waals surface area contributed by atoms with Crippen molar-refractivity contribution < 1.29 is 9.63 Å². The molecule has 2 aromatic rings. The van der Waals surface area contributed by atoms with Gasteiger partial charge in [-0.2, -0.15) is 5.10 Å². The van der Waals surface area contributed by atoms with Crippen LogP contribution in [0.15, 0.2) is 42.6 Å². The maximum absolute atomic E-state index is 11.5. The Balaban J connectivity index is 2.14. The summed E-state index contributed by atoms with van der Waals surface area (Å²) in [7, 11) is 0. The van der Waals surface area contributed by atoms with Gasteiger partial charge in [0.2, 0.25) is 0 Å². The van der Waals surface area contributed by atoms with E-state index in [1.807, 2.05) is 30.3 Å². The number of para-hydroxylation sites is 1. The van der Waals surface area contributed by atoms with E-state index in [0.717, 1.165) is 5.69 Å². The summed E-state index contributed by atoms with van der Waals surface area (Å²) in [6.07, 6.45) is 1.73. The Morgan fingerprint density at radius 3 is 2.82 bits per heavy atom. The van der Waals surface area contributed by atoms with Gasteiger partial charge in [0.05, 0.1) is 12.3 Å². The number of amides is 1. The van der Waals surface area contributed by atoms with Crippen LogP contribution in [0.2, 0.25) is 0 Å². The van der Waals surface area contributed by atoms with Gasteiger partial charge >= 0.3 is 0 Å². The molecule has 2 rings (SSSR count). The molecule has 5 heteroatoms. The second-order valence-corrected chi connectivity index (χ2v) is 3.35. The summed E-state index contributed by atoms with van der Waals surface area (Å²) >= 11 is 0. The van der Waals surface area contributed by atoms with Gasteiger partial charge in [-0.05, 0) is 25.1 Å². The quantitative estimate of drug-likeness (QED) is 0.812. The van der Waals surface area contributed by atoms with Gasteiger partial charge in [0.15, 0.2) is 5.69 Å². The number of aromatic nitrogens is 2. The fourth-order valence-electron chi connectivity index (χ4n) is 1.36. The van der Waals surface area contributed by atoms with Crippen molar-refractivity contribution in [2.24, 2.45) is 0 Å². The smallest absolute Gasteiger partial charge is 0.274 e. The van der Waals surface area contributed by atoms with Crippen LogP contribution in [-0.2, 0) is 4.84 Å². The first-order valence-corrected chi connectivity index (χ1v) is 5.34. The van der Waals surface area contributed by atoms with Crippen molar-refractivity contribution in [2.75, 3.05) is 6.61 Å². The Kier molecular flexibility index (Phi) is 3.52. The number of nitrogens with one attached hydrogen (secondary N) is 1. The van der Waals surface area contributed by atoms with E-state index < -0.39 is 0 Å². The van der Waals surface area contributed by atoms with E-state index in [9.17, 15) is 4.79 Å². The second kappa shape index (κ2) is 5.27. The maximum atomic E-state index is 11.5. The number of benzene rings is 1. The number of hydrogen-bond donors (Lipinski definition) is 1. The van der Waals surface area contributed by atoms with Gasteiger partial charge in [-0.15, -0.1) is 0 Å². The average molecular weight is 231 g/mol. The van der Waals surface area contributed by atoms with E-state index in [-0.39, 0.29) is 5.91 Å². The summed E-state index contributed by atoms with van der Waals surface area (Å²) in [5, 5.41) is 4.16. The van der Waals surface area contributed by atoms with Gasteiger partial charge in [-0.1, -0.05) is 18.2 Å². The maximum Gasteiger partial charge on any atom is 0.295 e. The number of carbonyl (C=O) groups is 1. The van der Waals surface area contributed by atoms with E-state index in [1.54, 1.807) is 23.9 Å². The highest BCUT2D eigenvalue weighted by Gasteiger charge is 2.09. The fraction of sp³-hybridized carbons (Fsp3) is 0.167. The van der Waals surface area contributed by atoms with Crippen molar-refractivity contribution in [2.45, 2.75) is 6.92 Å². The summed E-state index contributed by atoms with van der Waals surface area (Å²) in [5.41, 5.74) is 3.53. The molecule has 0 saturated heterocycles. The van der Waals surface area contributed by atoms with Crippen LogP contribution in [0.5, 0.6) is 0 Å². The zero-order chi connectivity index (χ0) is 12.1. The van der Waals surface area contributed by atoms with Crippen LogP contribution < -0.4 is 5.48 Å². The predicted octanol–water partition coefficient (Wildman–Crippen LogP) is 1.55. The summed E-state index contributed by atoms with van der Waals surface area (Å²) in [4.78, 5) is 16.4. The topological polar surface area (TPSA) is 56.1 Å². The SMILES string of the molecule is CCONC(=O)c1ccn(-c2ccccc2)n1. The molecule has 1 heterocycles. The van der Waals surface area contributed by atoms with Gasteiger partial charge in [-0.3, -0.25) is 9.63 Å². The molecule has 0 aliphatic rings. The van der Waals surface area contributed by atoms with E-state index in [0.29, 0.717) is 12.3 Å². The lowest BCUT2D eigenvalue weighted by Crippen LogP contribution is -2.24. The minimum Gasteiger partial charge on any atom is -0.274 e. The minimum absolute atomic E-state index is 0.322. The van der Waals surface area contributed by atoms with Crippen LogP contribution in [0.4, 0.5) is 0 Å². The number of rotatable bonds is 4. The van der Waals surface area contributed by atoms with Crippen LogP contribution in [-0.4, -0.2) is 22.3 Å². The first-order chi connectivity index (χ1) is 8.31. The third-order valence-electron chi connectivity index (χ3n) is 2.15. The van der Waals surface area contributed by atoms with Crippen LogP contribution in [0.1, 0.15) is 17.4 Å². The van der Waals surface area contributed by atoms with Crippen molar-refractivity contribution in [3.05, 3.63) is 48.3 Å². The van der Waals surface area contributed by atoms with Gasteiger partial charge in [0.1, 0.15) is 0 Å². The first-order valence-electron chi connectivity index (χ1n) is 5.34. The molecule has 0 saturated carbocycles. The molecule has 5 nitrogen and oxygen atoms in total. The molecule has 1 N–H and O–H groups in total. The fourth-order valence-corrected chi connectivity index (χ4v) is 1.36. The van der Waals surface area contributed by atoms with E-state index in [2.05, 4.69) is 10.6 Å². The van der Waals surface area contributed by atoms with Gasteiger partial charge in [0.25, 0.3) is 5.91 Å². The molecule has 1 amide bonds. The van der Waals surface area contributed by atoms with Crippen LogP contribution >= 0.6 is 0 Å². The lowest BCUT2D eigenvalue weighted by atomic mass is 10.3. The minimum atomic E-state index is -0.346. The largest absolute Gasteiger partial charge is 0.295 e. The van der Waals surface area contributed by atoms with E-state index in [4.69, 9.17) is 4.84 Å². The standard InChI is InChI=1S/C12H13N3O2/c1-2-17-14-12(16)11-8-9-15(13-11)10-6-4-3-5-7-10/h3-9H,2H2,1H3,(H,14,16). The second-order valence-electron chi connectivity index (χ2n) is 3.35. The Labute approximate surface area is 99.0 Å². The molecule has 0 aliphatic carbocycles. The molecule has 17 heavy (non-hydrogen) atoms. The van der Waals surface area contributed by atoms with Gasteiger partial charge in [-0.25, -0.2) is 10.2 Å². The van der Waals surface area contributed by atoms with Gasteiger partial charge < -0.3 is 0 Å². The Hall–Kier alpha value is -2.14. The molecule has 0 radical (unpaired) electrons. The molecule has 0 fully saturated rings. The molecular formula is C12H13N3O2. The summed E-state index contributed by atoms with van der Waals surface area (Å²) in [5.74, 6) is -0.346. The Morgan fingerprint density at radius 2 is 2.12 bits per heavy atom. The third-order valence-corrected chi connectivity index (χ3v) is 2.15. The van der Waals surface area contributed by atoms with Crippen LogP contribution in [0.3, 0.4) is 0 Å². The normalized spacial score (nSPS) is 10.2. The summed E-state index contributed by atoms with van der Waals surface area (Å²) in [6.45, 7) is 2.22. The lowest BCUT2D eigenvalue weighted by molar-refractivity contribution is 0.0359. The summed E-state index contributed by atoms with van der Waals surface area (Å²) in [6, 6.07) is 11.2. The third kappa shape index (κ3) is 2.70. The van der Waals surface area contributed by atoms with Crippen LogP contribution in [0.25, 0.3) is 5.69 Å². The molecule has 0 spiro atoms. The zero-order valence-corrected chi connectivity index (χ0v) is 9.46. The Bertz CT molecular complexity index is 493. The molecule has 1 aromatic heterocycles. The number of nitrogens with zero attached hydrogens (tertiary/aromatic N) is 2. The van der Waals surface area contributed by atoms with Crippen molar-refractivity contribution >= 4 is 5.91 Å². The molecule has 88 valence electrons. The number of hydroxylamine groups is 1. The monoisotopic (exact) mass is 231 g/mol. The molecular weight excluding hydrogens is 218 g/mol. The first kappa shape index (κ1) is 11.3. The molecule has 1 aromatic carbocycles. The van der Waals surface area contributed by atoms with Crippen molar-refractivity contribution in [3.63, 3.8) is 0 Å². The van der Waals surface area contributed by atoms with E-state index >= 15 is 0 Å². The Morgan fingerprint density at radius 1 is 1.35 bits per heavy atom. The highest BCUT2D eigenvalue weighted by Crippen LogP contribution is 2.06. The molecule has 0 aliphatic heterocycles. The predicted molar refractivity (Wildman–Crippen MR) is 62.7 cm³/mol. The van der Waals surface area contributed by atoms with Crippen molar-refractivity contribution in [1.29, 1.82) is 0 Å². The van der Waals surface area contributed by atoms with Crippen LogP contribution in [0, 0.1) is 0 Å². The lowest BCUT2D eigenvalue weighted by Gasteiger charge is -2.01. The number of hydrogen-bond acceptors (Lipinski definition) is 3. The molecule has 0 atom stereocenters. The van der Waals surface area contributed by atoms with Gasteiger partial charge in [0, 0.05) is 6.20 Å². The zero-order valence-electron chi connectivity index (χ0n) is 9.46. The van der Waals surface area contributed by atoms with Crippen molar-refractivity contribution in [3.8, 4) is 5.69 Å². The highest BCUT2D eigenvalue weighted by molar-refractivity contribution is 5.91. The molecule has 0 bridgehead atoms. The molecule has 0 unspecified atom stereocenters. The average Bonchev–Trinajstić information content (AvgIpc) is 2.86.